The number of guanidine groups is 1. The van der Waals surface area contributed by atoms with Crippen LogP contribution in [0.15, 0.2) is 4.99 Å². The highest BCUT2D eigenvalue weighted by molar-refractivity contribution is 14.0. The highest BCUT2D eigenvalue weighted by atomic mass is 127. The van der Waals surface area contributed by atoms with Crippen LogP contribution in [0.2, 0.25) is 0 Å². The SMILES string of the molecule is CCN=C(NC1CCN(C(=O)OC)CC1)NC1C2CCOC2C1(C)C.I. The number of hydrogen-bond acceptors (Lipinski definition) is 4. The maximum Gasteiger partial charge on any atom is 0.409 e. The number of fused-ring (bicyclic) bond motifs is 1. The molecule has 2 saturated heterocycles. The Morgan fingerprint density at radius 2 is 1.96 bits per heavy atom. The molecule has 0 aromatic rings. The van der Waals surface area contributed by atoms with Gasteiger partial charge in [0, 0.05) is 49.7 Å². The molecule has 0 aromatic heterocycles. The average molecular weight is 480 g/mol. The molecule has 1 saturated carbocycles. The first-order valence-electron chi connectivity index (χ1n) is 9.49. The number of amides is 1. The van der Waals surface area contributed by atoms with Crippen molar-refractivity contribution in [2.24, 2.45) is 16.3 Å². The molecule has 1 aliphatic carbocycles. The average Bonchev–Trinajstić information content (AvgIpc) is 3.07. The number of nitrogens with one attached hydrogen (secondary N) is 2. The lowest BCUT2D eigenvalue weighted by Crippen LogP contribution is -2.68. The van der Waals surface area contributed by atoms with E-state index in [2.05, 4.69) is 36.4 Å². The van der Waals surface area contributed by atoms with Gasteiger partial charge in [-0.15, -0.1) is 24.0 Å². The van der Waals surface area contributed by atoms with Gasteiger partial charge in [0.25, 0.3) is 0 Å². The minimum atomic E-state index is -0.234. The van der Waals surface area contributed by atoms with Crippen LogP contribution in [0.1, 0.15) is 40.0 Å². The second-order valence-electron chi connectivity index (χ2n) is 7.89. The summed E-state index contributed by atoms with van der Waals surface area (Å²) in [6, 6.07) is 0.727. The number of methoxy groups -OCH3 is 1. The second kappa shape index (κ2) is 8.95. The summed E-state index contributed by atoms with van der Waals surface area (Å²) in [4.78, 5) is 18.0. The van der Waals surface area contributed by atoms with E-state index >= 15 is 0 Å². The molecule has 2 N–H and O–H groups in total. The van der Waals surface area contributed by atoms with Gasteiger partial charge in [-0.2, -0.15) is 0 Å². The van der Waals surface area contributed by atoms with Gasteiger partial charge in [-0.25, -0.2) is 4.79 Å². The Labute approximate surface area is 173 Å². The van der Waals surface area contributed by atoms with E-state index in [-0.39, 0.29) is 35.5 Å². The zero-order chi connectivity index (χ0) is 18.0. The van der Waals surface area contributed by atoms with Crippen molar-refractivity contribution in [2.45, 2.75) is 58.2 Å². The number of carbonyl (C=O) groups excluding carboxylic acids is 1. The van der Waals surface area contributed by atoms with Gasteiger partial charge in [0.05, 0.1) is 13.2 Å². The molecule has 2 heterocycles. The van der Waals surface area contributed by atoms with Crippen molar-refractivity contribution in [3.63, 3.8) is 0 Å². The smallest absolute Gasteiger partial charge is 0.409 e. The van der Waals surface area contributed by atoms with Crippen LogP contribution in [0, 0.1) is 11.3 Å². The van der Waals surface area contributed by atoms with Gasteiger partial charge in [0.2, 0.25) is 0 Å². The van der Waals surface area contributed by atoms with Crippen LogP contribution >= 0.6 is 24.0 Å². The molecule has 3 rings (SSSR count). The molecule has 3 atom stereocenters. The maximum atomic E-state index is 11.6. The number of rotatable bonds is 3. The van der Waals surface area contributed by atoms with E-state index in [0.717, 1.165) is 51.5 Å². The number of halogens is 1. The Bertz CT molecular complexity index is 521. The van der Waals surface area contributed by atoms with Crippen molar-refractivity contribution in [2.75, 3.05) is 33.4 Å². The first-order valence-corrected chi connectivity index (χ1v) is 9.49. The molecule has 7 nitrogen and oxygen atoms in total. The molecule has 0 bridgehead atoms. The molecule has 8 heteroatoms. The normalized spacial score (nSPS) is 30.7. The lowest BCUT2D eigenvalue weighted by molar-refractivity contribution is -0.106. The monoisotopic (exact) mass is 480 g/mol. The van der Waals surface area contributed by atoms with E-state index in [9.17, 15) is 4.79 Å². The van der Waals surface area contributed by atoms with Crippen molar-refractivity contribution in [3.8, 4) is 0 Å². The lowest BCUT2D eigenvalue weighted by Gasteiger charge is -2.55. The van der Waals surface area contributed by atoms with Crippen molar-refractivity contribution < 1.29 is 14.3 Å². The highest BCUT2D eigenvalue weighted by Gasteiger charge is 2.59. The van der Waals surface area contributed by atoms with E-state index in [1.54, 1.807) is 4.90 Å². The summed E-state index contributed by atoms with van der Waals surface area (Å²) < 4.78 is 10.7. The number of piperidine rings is 1. The summed E-state index contributed by atoms with van der Waals surface area (Å²) >= 11 is 0. The fourth-order valence-electron chi connectivity index (χ4n) is 4.58. The van der Waals surface area contributed by atoms with Gasteiger partial charge in [-0.3, -0.25) is 4.99 Å². The topological polar surface area (TPSA) is 75.2 Å². The summed E-state index contributed by atoms with van der Waals surface area (Å²) in [6.07, 6.45) is 3.08. The largest absolute Gasteiger partial charge is 0.453 e. The van der Waals surface area contributed by atoms with Gasteiger partial charge >= 0.3 is 6.09 Å². The number of likely N-dealkylation sites (tertiary alicyclic amines) is 1. The summed E-state index contributed by atoms with van der Waals surface area (Å²) in [5.74, 6) is 1.47. The molecule has 0 spiro atoms. The van der Waals surface area contributed by atoms with Gasteiger partial charge in [0.1, 0.15) is 0 Å². The summed E-state index contributed by atoms with van der Waals surface area (Å²) in [5, 5.41) is 7.23. The minimum absolute atomic E-state index is 0. The Morgan fingerprint density at radius 1 is 1.27 bits per heavy atom. The molecule has 1 amide bonds. The summed E-state index contributed by atoms with van der Waals surface area (Å²) in [7, 11) is 1.43. The standard InChI is InChI=1S/C18H32N4O3.HI/c1-5-19-16(20-12-6-9-22(10-7-12)17(23)24-4)21-14-13-8-11-25-15(13)18(14,2)3;/h12-15H,5-11H2,1-4H3,(H2,19,20,21);1H. The number of nitrogens with zero attached hydrogens (tertiary/aromatic N) is 2. The molecular formula is C18H33IN4O3. The number of ether oxygens (including phenoxy) is 2. The lowest BCUT2D eigenvalue weighted by atomic mass is 9.57. The van der Waals surface area contributed by atoms with E-state index < -0.39 is 0 Å². The number of aliphatic imine (C=N–C) groups is 1. The van der Waals surface area contributed by atoms with Gasteiger partial charge in [-0.1, -0.05) is 13.8 Å². The Kier molecular flexibility index (Phi) is 7.41. The van der Waals surface area contributed by atoms with Gasteiger partial charge in [-0.05, 0) is 26.2 Å². The Hall–Kier alpha value is -0.770. The molecular weight excluding hydrogens is 447 g/mol. The van der Waals surface area contributed by atoms with Crippen molar-refractivity contribution >= 4 is 36.0 Å². The quantitative estimate of drug-likeness (QED) is 0.368. The first-order chi connectivity index (χ1) is 12.0. The predicted octanol–water partition coefficient (Wildman–Crippen LogP) is 2.20. The van der Waals surface area contributed by atoms with Crippen LogP contribution < -0.4 is 10.6 Å². The van der Waals surface area contributed by atoms with Crippen LogP contribution in [0.3, 0.4) is 0 Å². The molecule has 3 aliphatic rings. The van der Waals surface area contributed by atoms with Crippen LogP contribution in [-0.4, -0.2) is 68.5 Å². The van der Waals surface area contributed by atoms with E-state index in [0.29, 0.717) is 24.1 Å². The summed E-state index contributed by atoms with van der Waals surface area (Å²) in [6.45, 7) is 9.65. The van der Waals surface area contributed by atoms with Crippen LogP contribution in [-0.2, 0) is 9.47 Å². The zero-order valence-corrected chi connectivity index (χ0v) is 18.6. The Balaban J connectivity index is 0.00000243. The van der Waals surface area contributed by atoms with E-state index in [4.69, 9.17) is 9.47 Å². The summed E-state index contributed by atoms with van der Waals surface area (Å²) in [5.41, 5.74) is 0.131. The third-order valence-electron chi connectivity index (χ3n) is 5.98. The van der Waals surface area contributed by atoms with Gasteiger partial charge in [0.15, 0.2) is 5.96 Å². The van der Waals surface area contributed by atoms with Gasteiger partial charge < -0.3 is 25.0 Å². The molecule has 26 heavy (non-hydrogen) atoms. The Morgan fingerprint density at radius 3 is 2.58 bits per heavy atom. The van der Waals surface area contributed by atoms with Crippen LogP contribution in [0.5, 0.6) is 0 Å². The fraction of sp³-hybridized carbons (Fsp3) is 0.889. The van der Waals surface area contributed by atoms with Crippen LogP contribution in [0.25, 0.3) is 0 Å². The fourth-order valence-corrected chi connectivity index (χ4v) is 4.58. The predicted molar refractivity (Wildman–Crippen MR) is 112 cm³/mol. The number of hydrogen-bond donors (Lipinski definition) is 2. The highest BCUT2D eigenvalue weighted by Crippen LogP contribution is 2.52. The molecule has 0 radical (unpaired) electrons. The third-order valence-corrected chi connectivity index (χ3v) is 5.98. The minimum Gasteiger partial charge on any atom is -0.453 e. The molecule has 0 aromatic carbocycles. The third kappa shape index (κ3) is 4.21. The molecule has 3 unspecified atom stereocenters. The van der Waals surface area contributed by atoms with Crippen molar-refractivity contribution in [3.05, 3.63) is 0 Å². The van der Waals surface area contributed by atoms with Crippen molar-refractivity contribution in [1.82, 2.24) is 15.5 Å². The van der Waals surface area contributed by atoms with E-state index in [1.807, 2.05) is 0 Å². The van der Waals surface area contributed by atoms with E-state index in [1.165, 1.54) is 7.11 Å². The zero-order valence-electron chi connectivity index (χ0n) is 16.3. The molecule has 150 valence electrons. The first kappa shape index (κ1) is 21.5. The second-order valence-corrected chi connectivity index (χ2v) is 7.89. The molecule has 2 aliphatic heterocycles. The van der Waals surface area contributed by atoms with Crippen molar-refractivity contribution in [1.29, 1.82) is 0 Å². The molecule has 3 fully saturated rings. The van der Waals surface area contributed by atoms with Crippen LogP contribution in [0.4, 0.5) is 4.79 Å². The number of carbonyl (C=O) groups is 1. The maximum absolute atomic E-state index is 11.6.